The van der Waals surface area contributed by atoms with E-state index >= 15 is 0 Å². The summed E-state index contributed by atoms with van der Waals surface area (Å²) in [7, 11) is 3.20. The summed E-state index contributed by atoms with van der Waals surface area (Å²) in [5.41, 5.74) is 4.40. The third-order valence-corrected chi connectivity index (χ3v) is 7.99. The summed E-state index contributed by atoms with van der Waals surface area (Å²) in [5.74, 6) is 3.42. The van der Waals surface area contributed by atoms with Crippen LogP contribution in [-0.2, 0) is 19.8 Å². The lowest BCUT2D eigenvalue weighted by molar-refractivity contribution is 0.292. The lowest BCUT2D eigenvalue weighted by Crippen LogP contribution is -2.00. The molecule has 45 heavy (non-hydrogen) atoms. The van der Waals surface area contributed by atoms with Crippen LogP contribution in [0.3, 0.4) is 0 Å². The van der Waals surface area contributed by atoms with Gasteiger partial charge < -0.3 is 28.1 Å². The number of aromatic nitrogens is 3. The number of methoxy groups -OCH3 is 2. The van der Waals surface area contributed by atoms with Crippen LogP contribution in [-0.4, -0.2) is 28.8 Å². The topological polar surface area (TPSA) is 89.5 Å². The lowest BCUT2D eigenvalue weighted by Gasteiger charge is -2.12. The molecule has 0 aliphatic rings. The summed E-state index contributed by atoms with van der Waals surface area (Å²) in [5, 5.41) is 5.70. The predicted molar refractivity (Wildman–Crippen MR) is 171 cm³/mol. The Morgan fingerprint density at radius 1 is 0.689 bits per heavy atom. The molecule has 0 bridgehead atoms. The van der Waals surface area contributed by atoms with Crippen molar-refractivity contribution in [1.29, 1.82) is 0 Å². The van der Waals surface area contributed by atoms with Crippen LogP contribution in [0.2, 0.25) is 0 Å². The Bertz CT molecular complexity index is 2040. The van der Waals surface area contributed by atoms with E-state index in [0.29, 0.717) is 58.5 Å². The summed E-state index contributed by atoms with van der Waals surface area (Å²) in [6.45, 7) is 1.25. The zero-order chi connectivity index (χ0) is 30.6. The van der Waals surface area contributed by atoms with Crippen LogP contribution in [0.1, 0.15) is 16.7 Å². The fourth-order valence-electron chi connectivity index (χ4n) is 4.85. The van der Waals surface area contributed by atoms with Crippen molar-refractivity contribution in [1.82, 2.24) is 14.6 Å². The zero-order valence-electron chi connectivity index (χ0n) is 24.6. The van der Waals surface area contributed by atoms with Crippen molar-refractivity contribution in [2.45, 2.75) is 19.8 Å². The van der Waals surface area contributed by atoms with Gasteiger partial charge in [-0.05, 0) is 58.4 Å². The molecule has 226 valence electrons. The van der Waals surface area contributed by atoms with Crippen LogP contribution in [0.15, 0.2) is 108 Å². The minimum atomic E-state index is 0.326. The van der Waals surface area contributed by atoms with Crippen LogP contribution in [0.5, 0.6) is 28.2 Å². The van der Waals surface area contributed by atoms with Gasteiger partial charge in [-0.15, -0.1) is 5.10 Å². The molecule has 0 aliphatic heterocycles. The molecule has 0 saturated heterocycles. The first-order valence-electron chi connectivity index (χ1n) is 14.3. The molecule has 7 aromatic rings. The number of nitrogens with zero attached hydrogens (tertiary/aromatic N) is 3. The fraction of sp³-hybridized carbons (Fsp3) is 0.143. The van der Waals surface area contributed by atoms with Gasteiger partial charge in [0.05, 0.1) is 25.8 Å². The second-order valence-corrected chi connectivity index (χ2v) is 11.1. The lowest BCUT2D eigenvalue weighted by atomic mass is 10.2. The highest BCUT2D eigenvalue weighted by Crippen LogP contribution is 2.37. The van der Waals surface area contributed by atoms with Crippen molar-refractivity contribution in [2.75, 3.05) is 14.2 Å². The van der Waals surface area contributed by atoms with Crippen LogP contribution in [0.25, 0.3) is 27.4 Å². The maximum Gasteiger partial charge on any atom is 0.294 e. The highest BCUT2D eigenvalue weighted by atomic mass is 32.1. The Morgan fingerprint density at radius 3 is 2.07 bits per heavy atom. The number of ether oxygens (including phenoxy) is 5. The first kappa shape index (κ1) is 28.3. The van der Waals surface area contributed by atoms with Crippen LogP contribution in [0, 0.1) is 0 Å². The largest absolute Gasteiger partial charge is 0.496 e. The highest BCUT2D eigenvalue weighted by molar-refractivity contribution is 7.18. The molecule has 3 aromatic heterocycles. The average Bonchev–Trinajstić information content (AvgIpc) is 3.80. The van der Waals surface area contributed by atoms with E-state index in [0.717, 1.165) is 33.6 Å². The van der Waals surface area contributed by atoms with Gasteiger partial charge in [0.25, 0.3) is 5.19 Å². The Balaban J connectivity index is 1.02. The Kier molecular flexibility index (Phi) is 7.94. The van der Waals surface area contributed by atoms with Gasteiger partial charge in [-0.3, -0.25) is 0 Å². The molecule has 9 nitrogen and oxygen atoms in total. The average molecular weight is 620 g/mol. The van der Waals surface area contributed by atoms with Crippen LogP contribution in [0.4, 0.5) is 0 Å². The minimum absolute atomic E-state index is 0.326. The number of fused-ring (bicyclic) bond motifs is 2. The molecule has 0 atom stereocenters. The smallest absolute Gasteiger partial charge is 0.294 e. The molecule has 4 aromatic carbocycles. The van der Waals surface area contributed by atoms with Crippen LogP contribution < -0.4 is 23.7 Å². The van der Waals surface area contributed by atoms with Gasteiger partial charge in [0.15, 0.2) is 5.76 Å². The third-order valence-electron chi connectivity index (χ3n) is 7.11. The third kappa shape index (κ3) is 6.41. The Morgan fingerprint density at radius 2 is 1.38 bits per heavy atom. The molecule has 0 spiro atoms. The molecule has 0 fully saturated rings. The number of imidazole rings is 1. The summed E-state index contributed by atoms with van der Waals surface area (Å²) in [6, 6.07) is 31.5. The van der Waals surface area contributed by atoms with Gasteiger partial charge >= 0.3 is 0 Å². The molecule has 0 saturated carbocycles. The van der Waals surface area contributed by atoms with Crippen molar-refractivity contribution < 1.29 is 28.1 Å². The van der Waals surface area contributed by atoms with E-state index in [2.05, 4.69) is 10.1 Å². The molecule has 0 unspecified atom stereocenters. The molecule has 0 N–H and O–H groups in total. The maximum absolute atomic E-state index is 6.30. The van der Waals surface area contributed by atoms with E-state index in [9.17, 15) is 0 Å². The standard InChI is InChI=1S/C35H29N3O6S/c1-39-28-16-31(29-18-33(44-32(29)17-28)30-19-38-34(36-30)45-35(37-38)40-2)43-22-25-11-7-13-27(15-25)42-21-24-10-6-12-26(14-24)41-20-23-8-4-3-5-9-23/h3-19H,20-22H2,1-2H3. The van der Waals surface area contributed by atoms with E-state index in [1.165, 1.54) is 11.3 Å². The van der Waals surface area contributed by atoms with E-state index < -0.39 is 0 Å². The molecule has 7 rings (SSSR count). The number of hydrogen-bond donors (Lipinski definition) is 0. The molecular weight excluding hydrogens is 590 g/mol. The number of rotatable bonds is 12. The first-order chi connectivity index (χ1) is 22.1. The normalized spacial score (nSPS) is 11.2. The predicted octanol–water partition coefficient (Wildman–Crippen LogP) is 7.96. The Hall–Kier alpha value is -5.48. The van der Waals surface area contributed by atoms with Crippen molar-refractivity contribution >= 4 is 27.3 Å². The second kappa shape index (κ2) is 12.6. The molecule has 0 radical (unpaired) electrons. The summed E-state index contributed by atoms with van der Waals surface area (Å²) >= 11 is 1.36. The van der Waals surface area contributed by atoms with Gasteiger partial charge in [0.1, 0.15) is 54.1 Å². The van der Waals surface area contributed by atoms with E-state index in [-0.39, 0.29) is 0 Å². The van der Waals surface area contributed by atoms with Gasteiger partial charge in [0, 0.05) is 12.1 Å². The molecule has 10 heteroatoms. The first-order valence-corrected chi connectivity index (χ1v) is 15.1. The van der Waals surface area contributed by atoms with E-state index in [4.69, 9.17) is 28.1 Å². The number of benzene rings is 4. The SMILES string of the molecule is COc1cc(OCc2cccc(OCc3cccc(OCc4ccccc4)c3)c2)c2cc(-c3cn4nc(OC)sc4n3)oc2c1. The summed E-state index contributed by atoms with van der Waals surface area (Å²) in [6.07, 6.45) is 1.81. The van der Waals surface area contributed by atoms with Crippen molar-refractivity contribution in [3.8, 4) is 39.6 Å². The van der Waals surface area contributed by atoms with Gasteiger partial charge in [0.2, 0.25) is 4.96 Å². The molecule has 3 heterocycles. The highest BCUT2D eigenvalue weighted by Gasteiger charge is 2.17. The summed E-state index contributed by atoms with van der Waals surface area (Å²) < 4.78 is 37.0. The number of furan rings is 1. The summed E-state index contributed by atoms with van der Waals surface area (Å²) in [4.78, 5) is 5.35. The van der Waals surface area contributed by atoms with Gasteiger partial charge in [-0.2, -0.15) is 0 Å². The van der Waals surface area contributed by atoms with Gasteiger partial charge in [-0.25, -0.2) is 9.50 Å². The van der Waals surface area contributed by atoms with Crippen LogP contribution >= 0.6 is 11.3 Å². The molecule has 0 amide bonds. The monoisotopic (exact) mass is 619 g/mol. The minimum Gasteiger partial charge on any atom is -0.496 e. The second-order valence-electron chi connectivity index (χ2n) is 10.2. The van der Waals surface area contributed by atoms with E-state index in [1.54, 1.807) is 18.7 Å². The zero-order valence-corrected chi connectivity index (χ0v) is 25.5. The molecular formula is C35H29N3O6S. The maximum atomic E-state index is 6.30. The number of hydrogen-bond acceptors (Lipinski definition) is 9. The van der Waals surface area contributed by atoms with Crippen molar-refractivity contribution in [2.24, 2.45) is 0 Å². The fourth-order valence-corrected chi connectivity index (χ4v) is 5.55. The van der Waals surface area contributed by atoms with Crippen molar-refractivity contribution in [3.63, 3.8) is 0 Å². The Labute approximate surface area is 263 Å². The van der Waals surface area contributed by atoms with Gasteiger partial charge in [-0.1, -0.05) is 54.6 Å². The van der Waals surface area contributed by atoms with Crippen molar-refractivity contribution in [3.05, 3.63) is 120 Å². The quantitative estimate of drug-likeness (QED) is 0.136. The van der Waals surface area contributed by atoms with E-state index in [1.807, 2.05) is 103 Å². The molecule has 0 aliphatic carbocycles.